The van der Waals surface area contributed by atoms with Crippen molar-refractivity contribution in [3.8, 4) is 0 Å². The lowest BCUT2D eigenvalue weighted by molar-refractivity contribution is 0.184. The lowest BCUT2D eigenvalue weighted by atomic mass is 10.0. The number of hydrogen-bond acceptors (Lipinski definition) is 1. The van der Waals surface area contributed by atoms with Gasteiger partial charge in [-0.25, -0.2) is 0 Å². The molecule has 1 radical (unpaired) electrons. The van der Waals surface area contributed by atoms with Crippen LogP contribution >= 0.6 is 0 Å². The second-order valence-electron chi connectivity index (χ2n) is 8.54. The van der Waals surface area contributed by atoms with Crippen LogP contribution in [0.1, 0.15) is 155 Å². The summed E-state index contributed by atoms with van der Waals surface area (Å²) < 4.78 is 5.58. The number of hydrogen-bond donors (Lipinski definition) is 0. The van der Waals surface area contributed by atoms with Gasteiger partial charge in [0.25, 0.3) is 0 Å². The van der Waals surface area contributed by atoms with Crippen LogP contribution in [0.2, 0.25) is 0 Å². The predicted molar refractivity (Wildman–Crippen MR) is 123 cm³/mol. The van der Waals surface area contributed by atoms with E-state index in [1.807, 2.05) is 0 Å². The van der Waals surface area contributed by atoms with Crippen molar-refractivity contribution < 1.29 is 4.74 Å². The molecule has 0 fully saturated rings. The van der Waals surface area contributed by atoms with Gasteiger partial charge in [-0.1, -0.05) is 142 Å². The zero-order valence-corrected chi connectivity index (χ0v) is 19.2. The van der Waals surface area contributed by atoms with Crippen LogP contribution in [0.25, 0.3) is 0 Å². The summed E-state index contributed by atoms with van der Waals surface area (Å²) >= 11 is 0. The van der Waals surface area contributed by atoms with Crippen LogP contribution in [0.3, 0.4) is 0 Å². The maximum atomic E-state index is 5.58. The molecular weight excluding hydrogens is 328 g/mol. The summed E-state index contributed by atoms with van der Waals surface area (Å²) in [6, 6.07) is 0. The zero-order valence-electron chi connectivity index (χ0n) is 19.2. The molecule has 27 heavy (non-hydrogen) atoms. The van der Waals surface area contributed by atoms with Crippen molar-refractivity contribution in [3.63, 3.8) is 0 Å². The summed E-state index contributed by atoms with van der Waals surface area (Å²) in [5.41, 5.74) is 0. The lowest BCUT2D eigenvalue weighted by Gasteiger charge is -2.04. The molecule has 1 nitrogen and oxygen atoms in total. The van der Waals surface area contributed by atoms with Crippen molar-refractivity contribution in [1.29, 1.82) is 0 Å². The minimum absolute atomic E-state index is 0.930. The summed E-state index contributed by atoms with van der Waals surface area (Å²) in [7, 11) is 0. The van der Waals surface area contributed by atoms with Crippen LogP contribution in [-0.4, -0.2) is 6.61 Å². The van der Waals surface area contributed by atoms with Crippen LogP contribution in [0.5, 0.6) is 0 Å². The standard InChI is InChI=1S/C26H53O/c1-3-5-7-9-10-11-12-13-14-15-16-17-18-19-20-21-22-24-26-27-25-23-8-6-4-2/h26H,3-25H2,1-2H3. The molecule has 0 heterocycles. The average molecular weight is 382 g/mol. The van der Waals surface area contributed by atoms with Crippen LogP contribution in [0.4, 0.5) is 0 Å². The molecular formula is C26H53O. The number of rotatable bonds is 24. The van der Waals surface area contributed by atoms with E-state index in [0.29, 0.717) is 0 Å². The normalized spacial score (nSPS) is 11.3. The topological polar surface area (TPSA) is 9.23 Å². The second kappa shape index (κ2) is 26.0. The first-order valence-electron chi connectivity index (χ1n) is 12.8. The Morgan fingerprint density at radius 1 is 0.407 bits per heavy atom. The van der Waals surface area contributed by atoms with Gasteiger partial charge in [-0.15, -0.1) is 0 Å². The highest BCUT2D eigenvalue weighted by Crippen LogP contribution is 2.14. The Morgan fingerprint density at radius 3 is 1.15 bits per heavy atom. The molecule has 0 aromatic heterocycles. The second-order valence-corrected chi connectivity index (χ2v) is 8.54. The van der Waals surface area contributed by atoms with E-state index in [9.17, 15) is 0 Å². The highest BCUT2D eigenvalue weighted by Gasteiger charge is 1.96. The maximum absolute atomic E-state index is 5.58. The van der Waals surface area contributed by atoms with Crippen LogP contribution in [-0.2, 0) is 4.74 Å². The van der Waals surface area contributed by atoms with Crippen LogP contribution in [0, 0.1) is 6.61 Å². The highest BCUT2D eigenvalue weighted by molar-refractivity contribution is 4.54. The van der Waals surface area contributed by atoms with Crippen molar-refractivity contribution in [2.45, 2.75) is 155 Å². The van der Waals surface area contributed by atoms with E-state index in [1.165, 1.54) is 135 Å². The van der Waals surface area contributed by atoms with E-state index in [2.05, 4.69) is 20.5 Å². The third kappa shape index (κ3) is 26.0. The summed E-state index contributed by atoms with van der Waals surface area (Å²) in [5, 5.41) is 0. The van der Waals surface area contributed by atoms with Crippen molar-refractivity contribution in [3.05, 3.63) is 6.61 Å². The Morgan fingerprint density at radius 2 is 0.741 bits per heavy atom. The fourth-order valence-electron chi connectivity index (χ4n) is 3.73. The predicted octanol–water partition coefficient (Wildman–Crippen LogP) is 9.79. The SMILES string of the molecule is CCCCCCCCCCCCCCCCCCC[CH]OCCCCCC. The Bertz CT molecular complexity index is 214. The molecule has 0 saturated carbocycles. The molecule has 0 N–H and O–H groups in total. The highest BCUT2D eigenvalue weighted by atomic mass is 16.5. The van der Waals surface area contributed by atoms with Crippen molar-refractivity contribution in [1.82, 2.24) is 0 Å². The molecule has 0 aliphatic carbocycles. The Labute approximate surface area is 173 Å². The third-order valence-corrected chi connectivity index (χ3v) is 5.66. The van der Waals surface area contributed by atoms with E-state index in [0.717, 1.165) is 13.0 Å². The average Bonchev–Trinajstić information content (AvgIpc) is 2.68. The van der Waals surface area contributed by atoms with Gasteiger partial charge in [-0.3, -0.25) is 0 Å². The minimum Gasteiger partial charge on any atom is -0.376 e. The fraction of sp³-hybridized carbons (Fsp3) is 0.962. The quantitative estimate of drug-likeness (QED) is 0.151. The number of ether oxygens (including phenoxy) is 1. The number of unbranched alkanes of at least 4 members (excludes halogenated alkanes) is 20. The van der Waals surface area contributed by atoms with Gasteiger partial charge in [-0.2, -0.15) is 0 Å². The molecule has 0 aromatic carbocycles. The van der Waals surface area contributed by atoms with Gasteiger partial charge in [0.15, 0.2) is 0 Å². The smallest absolute Gasteiger partial charge is 0.0836 e. The van der Waals surface area contributed by atoms with Gasteiger partial charge in [0.2, 0.25) is 0 Å². The molecule has 0 amide bonds. The van der Waals surface area contributed by atoms with E-state index >= 15 is 0 Å². The maximum Gasteiger partial charge on any atom is 0.0836 e. The first-order valence-corrected chi connectivity index (χ1v) is 12.8. The van der Waals surface area contributed by atoms with Gasteiger partial charge in [-0.05, 0) is 12.8 Å². The molecule has 0 rings (SSSR count). The minimum atomic E-state index is 0.930. The van der Waals surface area contributed by atoms with Crippen molar-refractivity contribution in [2.75, 3.05) is 6.61 Å². The van der Waals surface area contributed by atoms with Gasteiger partial charge in [0, 0.05) is 6.61 Å². The molecule has 0 aromatic rings. The Hall–Kier alpha value is -0.0400. The van der Waals surface area contributed by atoms with E-state index in [4.69, 9.17) is 4.74 Å². The fourth-order valence-corrected chi connectivity index (χ4v) is 3.73. The summed E-state index contributed by atoms with van der Waals surface area (Å²) in [6.07, 6.45) is 30.9. The summed E-state index contributed by atoms with van der Waals surface area (Å²) in [4.78, 5) is 0. The third-order valence-electron chi connectivity index (χ3n) is 5.66. The van der Waals surface area contributed by atoms with E-state index in [1.54, 1.807) is 0 Å². The zero-order chi connectivity index (χ0) is 19.7. The lowest BCUT2D eigenvalue weighted by Crippen LogP contribution is -1.92. The monoisotopic (exact) mass is 381 g/mol. The van der Waals surface area contributed by atoms with Crippen LogP contribution in [0.15, 0.2) is 0 Å². The molecule has 0 spiro atoms. The van der Waals surface area contributed by atoms with Gasteiger partial charge < -0.3 is 4.74 Å². The molecule has 0 bridgehead atoms. The first kappa shape index (κ1) is 27.0. The van der Waals surface area contributed by atoms with Crippen LogP contribution < -0.4 is 0 Å². The molecule has 0 atom stereocenters. The van der Waals surface area contributed by atoms with Gasteiger partial charge in [0.1, 0.15) is 0 Å². The molecule has 0 unspecified atom stereocenters. The molecule has 163 valence electrons. The molecule has 0 aliphatic heterocycles. The van der Waals surface area contributed by atoms with Crippen molar-refractivity contribution >= 4 is 0 Å². The molecule has 0 aliphatic rings. The largest absolute Gasteiger partial charge is 0.376 e. The summed E-state index contributed by atoms with van der Waals surface area (Å²) in [5.74, 6) is 0. The van der Waals surface area contributed by atoms with E-state index in [-0.39, 0.29) is 0 Å². The molecule has 0 saturated heterocycles. The van der Waals surface area contributed by atoms with Crippen molar-refractivity contribution in [2.24, 2.45) is 0 Å². The Balaban J connectivity index is 2.95. The Kier molecular flexibility index (Phi) is 25.9. The van der Waals surface area contributed by atoms with E-state index < -0.39 is 0 Å². The van der Waals surface area contributed by atoms with Gasteiger partial charge in [0.05, 0.1) is 6.61 Å². The van der Waals surface area contributed by atoms with Gasteiger partial charge >= 0.3 is 0 Å². The summed E-state index contributed by atoms with van der Waals surface area (Å²) in [6.45, 7) is 7.54. The molecule has 1 heteroatoms. The first-order chi connectivity index (χ1) is 13.4.